The second-order valence-electron chi connectivity index (χ2n) is 5.23. The first kappa shape index (κ1) is 15.4. The van der Waals surface area contributed by atoms with Gasteiger partial charge in [0.15, 0.2) is 0 Å². The fraction of sp³-hybridized carbons (Fsp3) is 0.615. The lowest BCUT2D eigenvalue weighted by atomic mass is 9.92. The third kappa shape index (κ3) is 3.35. The van der Waals surface area contributed by atoms with Crippen molar-refractivity contribution in [3.63, 3.8) is 0 Å². The van der Waals surface area contributed by atoms with Crippen molar-refractivity contribution < 1.29 is 13.2 Å². The fourth-order valence-corrected chi connectivity index (χ4v) is 2.74. The number of anilines is 1. The molecule has 0 aliphatic carbocycles. The summed E-state index contributed by atoms with van der Waals surface area (Å²) in [5.41, 5.74) is 5.07. The minimum absolute atomic E-state index is 0.0325. The number of alkyl halides is 3. The summed E-state index contributed by atoms with van der Waals surface area (Å²) < 4.78 is 37.7. The Balaban J connectivity index is 2.21. The molecule has 7 heteroatoms. The number of rotatable bonds is 2. The highest BCUT2D eigenvalue weighted by molar-refractivity contribution is 6.33. The Labute approximate surface area is 120 Å². The first-order valence-electron chi connectivity index (χ1n) is 6.52. The van der Waals surface area contributed by atoms with Crippen LogP contribution < -0.4 is 10.6 Å². The van der Waals surface area contributed by atoms with Gasteiger partial charge in [0.1, 0.15) is 5.82 Å². The molecule has 2 heterocycles. The maximum absolute atomic E-state index is 12.6. The van der Waals surface area contributed by atoms with E-state index in [9.17, 15) is 13.2 Å². The summed E-state index contributed by atoms with van der Waals surface area (Å²) in [6, 6.07) is 0.977. The minimum atomic E-state index is -4.43. The molecule has 0 amide bonds. The Morgan fingerprint density at radius 2 is 2.20 bits per heavy atom. The standard InChI is InChI=1S/C13H17ClF3N3/c1-8(18)9-3-2-4-20(7-9)12-11(14)5-10(6-19-12)13(15,16)17/h5-6,8-9H,2-4,7,18H2,1H3. The van der Waals surface area contributed by atoms with Gasteiger partial charge in [0, 0.05) is 25.3 Å². The van der Waals surface area contributed by atoms with Gasteiger partial charge in [-0.3, -0.25) is 0 Å². The van der Waals surface area contributed by atoms with E-state index in [2.05, 4.69) is 4.98 Å². The molecule has 1 aliphatic rings. The van der Waals surface area contributed by atoms with Crippen LogP contribution in [0.2, 0.25) is 5.02 Å². The lowest BCUT2D eigenvalue weighted by Gasteiger charge is -2.35. The van der Waals surface area contributed by atoms with Crippen LogP contribution in [0.5, 0.6) is 0 Å². The zero-order chi connectivity index (χ0) is 14.9. The highest BCUT2D eigenvalue weighted by Gasteiger charge is 2.32. The van der Waals surface area contributed by atoms with Crippen molar-refractivity contribution in [3.8, 4) is 0 Å². The first-order valence-corrected chi connectivity index (χ1v) is 6.90. The Hall–Kier alpha value is -1.01. The lowest BCUT2D eigenvalue weighted by molar-refractivity contribution is -0.137. The molecule has 1 saturated heterocycles. The molecule has 0 saturated carbocycles. The molecular formula is C13H17ClF3N3. The average Bonchev–Trinajstić information content (AvgIpc) is 2.37. The predicted octanol–water partition coefficient (Wildman–Crippen LogP) is 3.32. The van der Waals surface area contributed by atoms with Crippen LogP contribution in [0.4, 0.5) is 19.0 Å². The van der Waals surface area contributed by atoms with Crippen LogP contribution in [0, 0.1) is 5.92 Å². The van der Waals surface area contributed by atoms with Crippen LogP contribution in [-0.2, 0) is 6.18 Å². The van der Waals surface area contributed by atoms with Gasteiger partial charge >= 0.3 is 6.18 Å². The predicted molar refractivity (Wildman–Crippen MR) is 72.8 cm³/mol. The second kappa shape index (κ2) is 5.77. The van der Waals surface area contributed by atoms with E-state index in [0.717, 1.165) is 31.6 Å². The quantitative estimate of drug-likeness (QED) is 0.911. The van der Waals surface area contributed by atoms with Crippen molar-refractivity contribution in [2.75, 3.05) is 18.0 Å². The fourth-order valence-electron chi connectivity index (χ4n) is 2.45. The number of pyridine rings is 1. The molecule has 0 radical (unpaired) electrons. The molecule has 2 atom stereocenters. The summed E-state index contributed by atoms with van der Waals surface area (Å²) in [6.07, 6.45) is -1.64. The van der Waals surface area contributed by atoms with Gasteiger partial charge in [0.25, 0.3) is 0 Å². The van der Waals surface area contributed by atoms with E-state index in [0.29, 0.717) is 18.3 Å². The maximum atomic E-state index is 12.6. The van der Waals surface area contributed by atoms with Crippen LogP contribution in [0.1, 0.15) is 25.3 Å². The van der Waals surface area contributed by atoms with E-state index in [1.54, 1.807) is 0 Å². The first-order chi connectivity index (χ1) is 9.29. The summed E-state index contributed by atoms with van der Waals surface area (Å²) >= 11 is 5.96. The molecule has 2 rings (SSSR count). The number of nitrogens with zero attached hydrogens (tertiary/aromatic N) is 2. The Kier molecular flexibility index (Phi) is 4.44. The number of nitrogens with two attached hydrogens (primary N) is 1. The molecule has 0 bridgehead atoms. The summed E-state index contributed by atoms with van der Waals surface area (Å²) in [6.45, 7) is 3.35. The van der Waals surface area contributed by atoms with E-state index >= 15 is 0 Å². The van der Waals surface area contributed by atoms with E-state index in [-0.39, 0.29) is 11.1 Å². The number of halogens is 4. The van der Waals surface area contributed by atoms with Crippen LogP contribution in [0.3, 0.4) is 0 Å². The van der Waals surface area contributed by atoms with E-state index < -0.39 is 11.7 Å². The summed E-state index contributed by atoms with van der Waals surface area (Å²) in [4.78, 5) is 5.81. The van der Waals surface area contributed by atoms with Crippen molar-refractivity contribution >= 4 is 17.4 Å². The molecule has 1 aliphatic heterocycles. The van der Waals surface area contributed by atoms with Crippen LogP contribution in [-0.4, -0.2) is 24.1 Å². The van der Waals surface area contributed by atoms with Gasteiger partial charge in [-0.05, 0) is 31.7 Å². The highest BCUT2D eigenvalue weighted by atomic mass is 35.5. The van der Waals surface area contributed by atoms with Gasteiger partial charge in [-0.2, -0.15) is 13.2 Å². The third-order valence-electron chi connectivity index (χ3n) is 3.65. The topological polar surface area (TPSA) is 42.1 Å². The molecule has 1 fully saturated rings. The van der Waals surface area contributed by atoms with E-state index in [4.69, 9.17) is 17.3 Å². The van der Waals surface area contributed by atoms with Gasteiger partial charge in [-0.15, -0.1) is 0 Å². The van der Waals surface area contributed by atoms with Crippen LogP contribution in [0.25, 0.3) is 0 Å². The van der Waals surface area contributed by atoms with Gasteiger partial charge in [0.05, 0.1) is 10.6 Å². The molecular weight excluding hydrogens is 291 g/mol. The zero-order valence-corrected chi connectivity index (χ0v) is 11.9. The van der Waals surface area contributed by atoms with Gasteiger partial charge in [-0.25, -0.2) is 4.98 Å². The van der Waals surface area contributed by atoms with E-state index in [1.165, 1.54) is 0 Å². The minimum Gasteiger partial charge on any atom is -0.355 e. The number of aromatic nitrogens is 1. The molecule has 1 aromatic heterocycles. The molecule has 112 valence electrons. The third-order valence-corrected chi connectivity index (χ3v) is 3.93. The normalized spacial score (nSPS) is 21.9. The smallest absolute Gasteiger partial charge is 0.355 e. The molecule has 0 aromatic carbocycles. The SMILES string of the molecule is CC(N)C1CCCN(c2ncc(C(F)(F)F)cc2Cl)C1. The largest absolute Gasteiger partial charge is 0.417 e. The van der Waals surface area contributed by atoms with Crippen LogP contribution in [0.15, 0.2) is 12.3 Å². The summed E-state index contributed by atoms with van der Waals surface area (Å²) in [5.74, 6) is 0.717. The molecule has 1 aromatic rings. The van der Waals surface area contributed by atoms with Crippen molar-refractivity contribution in [2.24, 2.45) is 11.7 Å². The Morgan fingerprint density at radius 1 is 1.50 bits per heavy atom. The number of hydrogen-bond acceptors (Lipinski definition) is 3. The highest BCUT2D eigenvalue weighted by Crippen LogP contribution is 2.34. The van der Waals surface area contributed by atoms with Crippen molar-refractivity contribution in [1.29, 1.82) is 0 Å². The maximum Gasteiger partial charge on any atom is 0.417 e. The summed E-state index contributed by atoms with van der Waals surface area (Å²) in [5, 5.41) is 0.0325. The lowest BCUT2D eigenvalue weighted by Crippen LogP contribution is -2.42. The zero-order valence-electron chi connectivity index (χ0n) is 11.1. The van der Waals surface area contributed by atoms with Crippen molar-refractivity contribution in [2.45, 2.75) is 32.0 Å². The second-order valence-corrected chi connectivity index (χ2v) is 5.64. The van der Waals surface area contributed by atoms with E-state index in [1.807, 2.05) is 11.8 Å². The number of piperidine rings is 1. The molecule has 0 spiro atoms. The Bertz CT molecular complexity index is 476. The van der Waals surface area contributed by atoms with Crippen molar-refractivity contribution in [1.82, 2.24) is 4.98 Å². The Morgan fingerprint density at radius 3 is 2.75 bits per heavy atom. The van der Waals surface area contributed by atoms with Gasteiger partial charge in [-0.1, -0.05) is 11.6 Å². The molecule has 2 N–H and O–H groups in total. The van der Waals surface area contributed by atoms with Crippen LogP contribution >= 0.6 is 11.6 Å². The average molecular weight is 308 g/mol. The summed E-state index contributed by atoms with van der Waals surface area (Å²) in [7, 11) is 0. The molecule has 20 heavy (non-hydrogen) atoms. The molecule has 2 unspecified atom stereocenters. The van der Waals surface area contributed by atoms with Gasteiger partial charge < -0.3 is 10.6 Å². The van der Waals surface area contributed by atoms with Crippen molar-refractivity contribution in [3.05, 3.63) is 22.8 Å². The van der Waals surface area contributed by atoms with Gasteiger partial charge in [0.2, 0.25) is 0 Å². The number of hydrogen-bond donors (Lipinski definition) is 1. The monoisotopic (exact) mass is 307 g/mol. The molecule has 3 nitrogen and oxygen atoms in total.